The van der Waals surface area contributed by atoms with E-state index in [0.717, 1.165) is 5.56 Å². The summed E-state index contributed by atoms with van der Waals surface area (Å²) in [6, 6.07) is 8.35. The number of halogens is 2. The summed E-state index contributed by atoms with van der Waals surface area (Å²) in [6.45, 7) is 3.57. The number of carbonyl (C=O) groups excluding carboxylic acids is 2. The van der Waals surface area contributed by atoms with Gasteiger partial charge in [-0.15, -0.1) is 0 Å². The fourth-order valence-corrected chi connectivity index (χ4v) is 3.72. The fraction of sp³-hybridized carbons (Fsp3) is 0.320. The number of ketones is 1. The number of hydrogen-bond acceptors (Lipinski definition) is 10. The van der Waals surface area contributed by atoms with Crippen LogP contribution >= 0.6 is 31.9 Å². The lowest BCUT2D eigenvalue weighted by molar-refractivity contribution is -0.150. The number of alkyl halides is 2. The quantitative estimate of drug-likeness (QED) is 0.143. The molecule has 37 heavy (non-hydrogen) atoms. The number of carbonyl (C=O) groups is 2. The molecule has 0 aliphatic heterocycles. The summed E-state index contributed by atoms with van der Waals surface area (Å²) in [5, 5.41) is 28.6. The van der Waals surface area contributed by atoms with E-state index in [4.69, 9.17) is 24.1 Å². The number of benzene rings is 2. The highest BCUT2D eigenvalue weighted by atomic mass is 79.9. The van der Waals surface area contributed by atoms with Gasteiger partial charge in [-0.05, 0) is 19.4 Å². The van der Waals surface area contributed by atoms with Crippen molar-refractivity contribution in [3.63, 3.8) is 0 Å². The Balaban J connectivity index is 0.000000289. The maximum absolute atomic E-state index is 11.3. The van der Waals surface area contributed by atoms with E-state index in [2.05, 4.69) is 36.6 Å². The molecule has 0 saturated heterocycles. The van der Waals surface area contributed by atoms with E-state index in [-0.39, 0.29) is 28.4 Å². The molecule has 3 rings (SSSR count). The Morgan fingerprint density at radius 2 is 1.54 bits per heavy atom. The number of phenols is 3. The molecule has 0 bridgehead atoms. The standard InChI is InChI=1S/C11H9BrO4.C7H11BrO3.C7H8O3/c1-15-8-3-7(13)4-9-11(8)6(5-12)2-10(14)16-9;1-3-11-7(10)5(2)6(9)4-8;1-10-7-3-5(8)2-6(9)4-7/h2-4,13H,5H2,1H3;5H,3-4H2,1-2H3;2-4,8-9H,1H3. The number of aromatic hydroxyl groups is 3. The first-order valence-corrected chi connectivity index (χ1v) is 13.0. The van der Waals surface area contributed by atoms with Crippen molar-refractivity contribution in [3.05, 3.63) is 52.4 Å². The van der Waals surface area contributed by atoms with Crippen LogP contribution in [0.15, 0.2) is 45.6 Å². The minimum atomic E-state index is -0.644. The zero-order valence-corrected chi connectivity index (χ0v) is 23.8. The Morgan fingerprint density at radius 3 is 2.03 bits per heavy atom. The second-order valence-electron chi connectivity index (χ2n) is 7.21. The van der Waals surface area contributed by atoms with Crippen molar-refractivity contribution in [1.82, 2.24) is 0 Å². The molecular weight excluding hydrogens is 620 g/mol. The first kappa shape index (κ1) is 31.8. The second-order valence-corrected chi connectivity index (χ2v) is 8.33. The van der Waals surface area contributed by atoms with Crippen LogP contribution in [0.3, 0.4) is 0 Å². The van der Waals surface area contributed by atoms with Gasteiger partial charge in [-0.2, -0.15) is 0 Å². The third-order valence-corrected chi connectivity index (χ3v) is 5.76. The van der Waals surface area contributed by atoms with Gasteiger partial charge in [0.1, 0.15) is 40.2 Å². The Bertz CT molecular complexity index is 1240. The molecule has 3 N–H and O–H groups in total. The minimum Gasteiger partial charge on any atom is -0.508 e. The number of esters is 1. The highest BCUT2D eigenvalue weighted by Crippen LogP contribution is 2.33. The van der Waals surface area contributed by atoms with Crippen LogP contribution in [0, 0.1) is 5.92 Å². The molecule has 12 heteroatoms. The summed E-state index contributed by atoms with van der Waals surface area (Å²) < 4.78 is 19.6. The van der Waals surface area contributed by atoms with Crippen LogP contribution in [0.5, 0.6) is 28.7 Å². The zero-order valence-electron chi connectivity index (χ0n) is 20.6. The van der Waals surface area contributed by atoms with Crippen molar-refractivity contribution < 1.29 is 43.5 Å². The maximum atomic E-state index is 11.3. The van der Waals surface area contributed by atoms with E-state index in [1.165, 1.54) is 50.6 Å². The van der Waals surface area contributed by atoms with Crippen molar-refractivity contribution in [2.75, 3.05) is 26.2 Å². The predicted octanol–water partition coefficient (Wildman–Crippen LogP) is 4.66. The van der Waals surface area contributed by atoms with Crippen LogP contribution < -0.4 is 15.1 Å². The van der Waals surface area contributed by atoms with E-state index in [1.54, 1.807) is 13.8 Å². The smallest absolute Gasteiger partial charge is 0.336 e. The van der Waals surface area contributed by atoms with Crippen LogP contribution in [0.25, 0.3) is 11.0 Å². The molecule has 0 fully saturated rings. The molecule has 0 aliphatic rings. The van der Waals surface area contributed by atoms with Crippen LogP contribution in [0.1, 0.15) is 19.4 Å². The Hall–Kier alpha value is -3.25. The molecule has 0 amide bonds. The highest BCUT2D eigenvalue weighted by Gasteiger charge is 2.20. The molecule has 0 aliphatic carbocycles. The predicted molar refractivity (Wildman–Crippen MR) is 144 cm³/mol. The average Bonchev–Trinajstić information content (AvgIpc) is 2.86. The number of ether oxygens (including phenoxy) is 3. The minimum absolute atomic E-state index is 0.000720. The van der Waals surface area contributed by atoms with E-state index in [9.17, 15) is 19.5 Å². The van der Waals surface area contributed by atoms with Gasteiger partial charge in [-0.3, -0.25) is 9.59 Å². The SMILES string of the molecule is CCOC(=O)C(C)C(=O)CBr.COc1cc(O)cc(O)c1.COc1cc(O)cc2oc(=O)cc(CBr)c12. The Labute approximate surface area is 230 Å². The Morgan fingerprint density at radius 1 is 0.946 bits per heavy atom. The van der Waals surface area contributed by atoms with Gasteiger partial charge in [0, 0.05) is 41.7 Å². The molecule has 0 radical (unpaired) electrons. The molecule has 0 saturated carbocycles. The molecule has 2 aromatic carbocycles. The normalized spacial score (nSPS) is 10.8. The van der Waals surface area contributed by atoms with Crippen LogP contribution in [0.2, 0.25) is 0 Å². The van der Waals surface area contributed by atoms with Gasteiger partial charge in [-0.1, -0.05) is 31.9 Å². The van der Waals surface area contributed by atoms with Crippen LogP contribution in [-0.4, -0.2) is 53.2 Å². The van der Waals surface area contributed by atoms with Gasteiger partial charge in [0.15, 0.2) is 5.78 Å². The largest absolute Gasteiger partial charge is 0.508 e. The molecule has 1 unspecified atom stereocenters. The van der Waals surface area contributed by atoms with E-state index in [1.807, 2.05) is 0 Å². The van der Waals surface area contributed by atoms with Gasteiger partial charge in [0.2, 0.25) is 0 Å². The number of fused-ring (bicyclic) bond motifs is 1. The van der Waals surface area contributed by atoms with Gasteiger partial charge >= 0.3 is 11.6 Å². The van der Waals surface area contributed by atoms with Crippen molar-refractivity contribution in [1.29, 1.82) is 0 Å². The molecule has 10 nitrogen and oxygen atoms in total. The Kier molecular flexibility index (Phi) is 13.5. The van der Waals surface area contributed by atoms with Gasteiger partial charge in [0.05, 0.1) is 31.5 Å². The number of rotatable bonds is 7. The lowest BCUT2D eigenvalue weighted by atomic mass is 10.1. The number of hydrogen-bond donors (Lipinski definition) is 3. The molecule has 1 aromatic heterocycles. The molecule has 202 valence electrons. The fourth-order valence-electron chi connectivity index (χ4n) is 2.79. The molecule has 1 heterocycles. The highest BCUT2D eigenvalue weighted by molar-refractivity contribution is 9.09. The summed E-state index contributed by atoms with van der Waals surface area (Å²) in [7, 11) is 2.96. The first-order valence-electron chi connectivity index (χ1n) is 10.7. The third kappa shape index (κ3) is 9.96. The van der Waals surface area contributed by atoms with E-state index in [0.29, 0.717) is 34.4 Å². The number of methoxy groups -OCH3 is 2. The molecule has 3 aromatic rings. The van der Waals surface area contributed by atoms with Gasteiger partial charge in [-0.25, -0.2) is 4.79 Å². The first-order chi connectivity index (χ1) is 17.5. The average molecular weight is 648 g/mol. The summed E-state index contributed by atoms with van der Waals surface area (Å²) in [6.07, 6.45) is 0. The second kappa shape index (κ2) is 15.8. The zero-order chi connectivity index (χ0) is 28.1. The monoisotopic (exact) mass is 646 g/mol. The van der Waals surface area contributed by atoms with Crippen molar-refractivity contribution in [3.8, 4) is 28.7 Å². The van der Waals surface area contributed by atoms with Crippen molar-refractivity contribution in [2.24, 2.45) is 5.92 Å². The van der Waals surface area contributed by atoms with E-state index < -0.39 is 17.5 Å². The van der Waals surface area contributed by atoms with Crippen LogP contribution in [-0.2, 0) is 19.7 Å². The number of Topliss-reactive ketones (excluding diaryl/α,β-unsaturated/α-hetero) is 1. The summed E-state index contributed by atoms with van der Waals surface area (Å²) >= 11 is 6.27. The van der Waals surface area contributed by atoms with Gasteiger partial charge in [0.25, 0.3) is 0 Å². The molecule has 0 spiro atoms. The maximum Gasteiger partial charge on any atom is 0.336 e. The summed E-state index contributed by atoms with van der Waals surface area (Å²) in [4.78, 5) is 33.0. The van der Waals surface area contributed by atoms with Crippen molar-refractivity contribution in [2.45, 2.75) is 19.2 Å². The number of phenolic OH excluding ortho intramolecular Hbond substituents is 3. The lowest BCUT2D eigenvalue weighted by Gasteiger charge is -2.08. The third-order valence-electron chi connectivity index (χ3n) is 4.60. The molecular formula is C25H28Br2O10. The van der Waals surface area contributed by atoms with Crippen LogP contribution in [0.4, 0.5) is 0 Å². The van der Waals surface area contributed by atoms with Crippen molar-refractivity contribution >= 4 is 54.6 Å². The lowest BCUT2D eigenvalue weighted by Crippen LogP contribution is -2.23. The van der Waals surface area contributed by atoms with E-state index >= 15 is 0 Å². The molecule has 1 atom stereocenters. The topological polar surface area (TPSA) is 153 Å². The summed E-state index contributed by atoms with van der Waals surface area (Å²) in [5.74, 6) is -0.326. The van der Waals surface area contributed by atoms with Gasteiger partial charge < -0.3 is 33.9 Å². The summed E-state index contributed by atoms with van der Waals surface area (Å²) in [5.41, 5.74) is 0.636.